The Kier molecular flexibility index (Phi) is 4.68. The van der Waals surface area contributed by atoms with E-state index < -0.39 is 17.5 Å². The van der Waals surface area contributed by atoms with E-state index in [2.05, 4.69) is 5.32 Å². The lowest BCUT2D eigenvalue weighted by atomic mass is 10.2. The first-order valence-corrected chi connectivity index (χ1v) is 5.17. The van der Waals surface area contributed by atoms with E-state index in [-0.39, 0.29) is 0 Å². The van der Waals surface area contributed by atoms with E-state index in [0.717, 1.165) is 17.3 Å². The van der Waals surface area contributed by atoms with Crippen molar-refractivity contribution in [2.24, 2.45) is 0 Å². The summed E-state index contributed by atoms with van der Waals surface area (Å²) in [5.74, 6) is -2.94. The fourth-order valence-corrected chi connectivity index (χ4v) is 1.26. The van der Waals surface area contributed by atoms with Gasteiger partial charge in [-0.2, -0.15) is 0 Å². The molecule has 5 heteroatoms. The topological polar surface area (TPSA) is 86.6 Å². The van der Waals surface area contributed by atoms with Gasteiger partial charge in [0.05, 0.1) is 0 Å². The molecule has 5 nitrogen and oxygen atoms in total. The Labute approximate surface area is 104 Å². The molecule has 1 aromatic carbocycles. The first-order valence-electron chi connectivity index (χ1n) is 5.17. The zero-order valence-electron chi connectivity index (χ0n) is 9.75. The second-order valence-corrected chi connectivity index (χ2v) is 3.56. The van der Waals surface area contributed by atoms with Gasteiger partial charge in [0.1, 0.15) is 5.57 Å². The van der Waals surface area contributed by atoms with Crippen LogP contribution in [0.2, 0.25) is 0 Å². The second kappa shape index (κ2) is 6.24. The Morgan fingerprint density at radius 2 is 1.89 bits per heavy atom. The fourth-order valence-electron chi connectivity index (χ4n) is 1.26. The molecule has 0 saturated heterocycles. The van der Waals surface area contributed by atoms with Crippen molar-refractivity contribution in [3.63, 3.8) is 0 Å². The minimum Gasteiger partial charge on any atom is -0.477 e. The molecule has 0 aliphatic carbocycles. The van der Waals surface area contributed by atoms with Crippen molar-refractivity contribution >= 4 is 17.6 Å². The van der Waals surface area contributed by atoms with Crippen LogP contribution in [0.1, 0.15) is 5.56 Å². The van der Waals surface area contributed by atoms with Gasteiger partial charge in [-0.05, 0) is 36.8 Å². The normalized spacial score (nSPS) is 10.1. The molecule has 0 spiro atoms. The first-order chi connectivity index (χ1) is 8.50. The molecule has 0 heterocycles. The number of benzene rings is 1. The van der Waals surface area contributed by atoms with Crippen LogP contribution in [0, 0.1) is 6.92 Å². The van der Waals surface area contributed by atoms with Crippen molar-refractivity contribution in [3.8, 4) is 0 Å². The van der Waals surface area contributed by atoms with Crippen molar-refractivity contribution in [1.29, 1.82) is 0 Å². The van der Waals surface area contributed by atoms with Crippen LogP contribution in [-0.2, 0) is 9.59 Å². The summed E-state index contributed by atoms with van der Waals surface area (Å²) in [5, 5.41) is 20.1. The maximum atomic E-state index is 10.5. The molecular formula is C13H13NO4. The monoisotopic (exact) mass is 247 g/mol. The Bertz CT molecular complexity index is 501. The van der Waals surface area contributed by atoms with Gasteiger partial charge in [0, 0.05) is 11.9 Å². The number of carboxylic acids is 2. The standard InChI is InChI=1S/C13H13NO4/c1-9-4-2-5-10(8-9)14-7-3-6-11(12(15)16)13(17)18/h2-8,14H,1H3,(H,15,16)(H,17,18)/b7-3+. The molecule has 94 valence electrons. The van der Waals surface area contributed by atoms with Crippen molar-refractivity contribution in [2.75, 3.05) is 5.32 Å². The summed E-state index contributed by atoms with van der Waals surface area (Å²) in [7, 11) is 0. The summed E-state index contributed by atoms with van der Waals surface area (Å²) in [6.07, 6.45) is 3.83. The average molecular weight is 247 g/mol. The molecule has 0 fully saturated rings. The molecule has 0 radical (unpaired) electrons. The van der Waals surface area contributed by atoms with Gasteiger partial charge in [0.25, 0.3) is 0 Å². The summed E-state index contributed by atoms with van der Waals surface area (Å²) in [4.78, 5) is 21.1. The number of aryl methyl sites for hydroxylation is 1. The van der Waals surface area contributed by atoms with Crippen molar-refractivity contribution in [2.45, 2.75) is 6.92 Å². The quantitative estimate of drug-likeness (QED) is 0.321. The summed E-state index contributed by atoms with van der Waals surface area (Å²) in [6, 6.07) is 7.57. The second-order valence-electron chi connectivity index (χ2n) is 3.56. The molecule has 0 atom stereocenters. The van der Waals surface area contributed by atoms with Crippen LogP contribution in [0.15, 0.2) is 48.2 Å². The number of aliphatic carboxylic acids is 2. The van der Waals surface area contributed by atoms with E-state index in [4.69, 9.17) is 10.2 Å². The first kappa shape index (κ1) is 13.5. The van der Waals surface area contributed by atoms with Crippen LogP contribution in [-0.4, -0.2) is 22.2 Å². The third-order valence-corrected chi connectivity index (χ3v) is 2.09. The number of hydrogen-bond acceptors (Lipinski definition) is 3. The predicted octanol–water partition coefficient (Wildman–Crippen LogP) is 2.02. The number of hydrogen-bond donors (Lipinski definition) is 3. The Balaban J connectivity index is 2.68. The highest BCUT2D eigenvalue weighted by atomic mass is 16.4. The van der Waals surface area contributed by atoms with Gasteiger partial charge in [-0.3, -0.25) is 0 Å². The predicted molar refractivity (Wildman–Crippen MR) is 67.3 cm³/mol. The molecule has 0 saturated carbocycles. The highest BCUT2D eigenvalue weighted by molar-refractivity contribution is 6.12. The zero-order valence-corrected chi connectivity index (χ0v) is 9.75. The van der Waals surface area contributed by atoms with Crippen molar-refractivity contribution < 1.29 is 19.8 Å². The SMILES string of the molecule is Cc1cccc(N/C=C/C=C(C(=O)O)C(=O)O)c1. The van der Waals surface area contributed by atoms with E-state index in [1.807, 2.05) is 31.2 Å². The Hall–Kier alpha value is -2.56. The highest BCUT2D eigenvalue weighted by Crippen LogP contribution is 2.09. The third kappa shape index (κ3) is 4.13. The van der Waals surface area contributed by atoms with Gasteiger partial charge in [-0.25, -0.2) is 9.59 Å². The van der Waals surface area contributed by atoms with Crippen LogP contribution in [0.3, 0.4) is 0 Å². The summed E-state index contributed by atoms with van der Waals surface area (Å²) in [5.41, 5.74) is 1.24. The molecule has 18 heavy (non-hydrogen) atoms. The van der Waals surface area contributed by atoms with Gasteiger partial charge in [-0.1, -0.05) is 12.1 Å². The van der Waals surface area contributed by atoms with Crippen molar-refractivity contribution in [1.82, 2.24) is 0 Å². The Morgan fingerprint density at radius 1 is 1.22 bits per heavy atom. The van der Waals surface area contributed by atoms with E-state index in [1.165, 1.54) is 12.3 Å². The van der Waals surface area contributed by atoms with Gasteiger partial charge in [0.15, 0.2) is 0 Å². The molecule has 0 aliphatic heterocycles. The van der Waals surface area contributed by atoms with E-state index in [0.29, 0.717) is 0 Å². The van der Waals surface area contributed by atoms with Gasteiger partial charge >= 0.3 is 11.9 Å². The lowest BCUT2D eigenvalue weighted by Gasteiger charge is -2.00. The number of carboxylic acid groups (broad SMARTS) is 2. The number of allylic oxidation sites excluding steroid dienone is 2. The van der Waals surface area contributed by atoms with Gasteiger partial charge in [-0.15, -0.1) is 0 Å². The number of rotatable bonds is 5. The van der Waals surface area contributed by atoms with Crippen LogP contribution in [0.25, 0.3) is 0 Å². The Morgan fingerprint density at radius 3 is 2.44 bits per heavy atom. The molecule has 1 rings (SSSR count). The maximum absolute atomic E-state index is 10.5. The highest BCUT2D eigenvalue weighted by Gasteiger charge is 2.13. The lowest BCUT2D eigenvalue weighted by molar-refractivity contribution is -0.140. The summed E-state index contributed by atoms with van der Waals surface area (Å²) < 4.78 is 0. The fraction of sp³-hybridized carbons (Fsp3) is 0.0769. The molecule has 3 N–H and O–H groups in total. The smallest absolute Gasteiger partial charge is 0.343 e. The minimum atomic E-state index is -1.47. The van der Waals surface area contributed by atoms with E-state index in [9.17, 15) is 9.59 Å². The number of carbonyl (C=O) groups is 2. The van der Waals surface area contributed by atoms with Crippen LogP contribution >= 0.6 is 0 Å². The summed E-state index contributed by atoms with van der Waals surface area (Å²) in [6.45, 7) is 1.95. The molecular weight excluding hydrogens is 234 g/mol. The zero-order chi connectivity index (χ0) is 13.5. The molecule has 1 aromatic rings. The lowest BCUT2D eigenvalue weighted by Crippen LogP contribution is -2.10. The van der Waals surface area contributed by atoms with E-state index in [1.54, 1.807) is 0 Å². The van der Waals surface area contributed by atoms with Crippen LogP contribution in [0.4, 0.5) is 5.69 Å². The molecule has 0 amide bonds. The van der Waals surface area contributed by atoms with Crippen LogP contribution < -0.4 is 5.32 Å². The molecule has 0 bridgehead atoms. The largest absolute Gasteiger partial charge is 0.477 e. The third-order valence-electron chi connectivity index (χ3n) is 2.09. The van der Waals surface area contributed by atoms with Crippen molar-refractivity contribution in [3.05, 3.63) is 53.8 Å². The van der Waals surface area contributed by atoms with Gasteiger partial charge < -0.3 is 15.5 Å². The maximum Gasteiger partial charge on any atom is 0.343 e. The number of nitrogens with one attached hydrogen (secondary N) is 1. The van der Waals surface area contributed by atoms with Crippen LogP contribution in [0.5, 0.6) is 0 Å². The summed E-state index contributed by atoms with van der Waals surface area (Å²) >= 11 is 0. The molecule has 0 aromatic heterocycles. The molecule has 0 unspecified atom stereocenters. The molecule has 0 aliphatic rings. The minimum absolute atomic E-state index is 0.683. The number of anilines is 1. The van der Waals surface area contributed by atoms with E-state index >= 15 is 0 Å². The average Bonchev–Trinajstić information content (AvgIpc) is 2.27. The van der Waals surface area contributed by atoms with Gasteiger partial charge in [0.2, 0.25) is 0 Å².